The molecule has 0 spiro atoms. The third-order valence-corrected chi connectivity index (χ3v) is 2.41. The number of ether oxygens (including phenoxy) is 1. The lowest BCUT2D eigenvalue weighted by molar-refractivity contribution is 0.141. The van der Waals surface area contributed by atoms with Crippen LogP contribution in [0.1, 0.15) is 5.56 Å². The van der Waals surface area contributed by atoms with Crippen molar-refractivity contribution < 1.29 is 33.2 Å². The van der Waals surface area contributed by atoms with Gasteiger partial charge in [0.1, 0.15) is 12.4 Å². The minimum atomic E-state index is -4.59. The Morgan fingerprint density at radius 2 is 1.85 bits per heavy atom. The summed E-state index contributed by atoms with van der Waals surface area (Å²) in [4.78, 5) is 39.1. The van der Waals surface area contributed by atoms with E-state index < -0.39 is 19.9 Å². The van der Waals surface area contributed by atoms with Crippen molar-refractivity contribution in [2.45, 2.75) is 6.61 Å². The number of urea groups is 1. The van der Waals surface area contributed by atoms with Gasteiger partial charge in [0, 0.05) is 7.05 Å². The Morgan fingerprint density at radius 1 is 1.25 bits per heavy atom. The first-order valence-electron chi connectivity index (χ1n) is 5.30. The molecule has 0 aliphatic heterocycles. The summed E-state index contributed by atoms with van der Waals surface area (Å²) in [6.45, 7) is -0.112. The molecule has 0 saturated heterocycles. The standard InChI is InChI=1S/C10H13N2O7P/c1-11-9(13)12-10(14)18-6-7-2-4-8(5-3-7)19-20(15,16)17/h2-5H,6H2,1H3,(H2,15,16,17)(H2,11,12,13,14). The molecule has 9 nitrogen and oxygen atoms in total. The van der Waals surface area contributed by atoms with Crippen molar-refractivity contribution >= 4 is 19.9 Å². The zero-order valence-electron chi connectivity index (χ0n) is 10.4. The van der Waals surface area contributed by atoms with Gasteiger partial charge < -0.3 is 14.6 Å². The van der Waals surface area contributed by atoms with E-state index in [-0.39, 0.29) is 12.4 Å². The summed E-state index contributed by atoms with van der Waals surface area (Å²) in [6.07, 6.45) is -0.917. The Balaban J connectivity index is 2.48. The summed E-state index contributed by atoms with van der Waals surface area (Å²) in [7, 11) is -3.24. The van der Waals surface area contributed by atoms with E-state index in [4.69, 9.17) is 14.5 Å². The number of benzene rings is 1. The third-order valence-electron chi connectivity index (χ3n) is 1.96. The quantitative estimate of drug-likeness (QED) is 0.602. The first-order chi connectivity index (χ1) is 9.30. The molecule has 10 heteroatoms. The average molecular weight is 304 g/mol. The van der Waals surface area contributed by atoms with Crippen LogP contribution in [0.2, 0.25) is 0 Å². The Labute approximate surface area is 114 Å². The topological polar surface area (TPSA) is 134 Å². The molecular formula is C10H13N2O7P. The van der Waals surface area contributed by atoms with Gasteiger partial charge in [0.25, 0.3) is 0 Å². The highest BCUT2D eigenvalue weighted by molar-refractivity contribution is 7.46. The van der Waals surface area contributed by atoms with Crippen LogP contribution in [-0.4, -0.2) is 29.0 Å². The van der Waals surface area contributed by atoms with E-state index in [1.807, 2.05) is 5.32 Å². The summed E-state index contributed by atoms with van der Waals surface area (Å²) in [5.41, 5.74) is 0.551. The molecule has 0 saturated carbocycles. The number of carbonyl (C=O) groups excluding carboxylic acids is 2. The number of rotatable bonds is 4. The van der Waals surface area contributed by atoms with Gasteiger partial charge in [-0.1, -0.05) is 12.1 Å². The fourth-order valence-corrected chi connectivity index (χ4v) is 1.52. The van der Waals surface area contributed by atoms with Crippen LogP contribution in [-0.2, 0) is 15.9 Å². The van der Waals surface area contributed by atoms with E-state index in [9.17, 15) is 14.2 Å². The van der Waals surface area contributed by atoms with Crippen LogP contribution >= 0.6 is 7.82 Å². The van der Waals surface area contributed by atoms with E-state index in [0.717, 1.165) is 0 Å². The molecule has 0 unspecified atom stereocenters. The molecule has 0 fully saturated rings. The number of hydrogen-bond donors (Lipinski definition) is 4. The van der Waals surface area contributed by atoms with Crippen LogP contribution < -0.4 is 15.2 Å². The zero-order chi connectivity index (χ0) is 15.2. The highest BCUT2D eigenvalue weighted by Gasteiger charge is 2.15. The number of phosphoric acid groups is 1. The molecular weight excluding hydrogens is 291 g/mol. The Bertz CT molecular complexity index is 525. The predicted molar refractivity (Wildman–Crippen MR) is 66.9 cm³/mol. The number of imide groups is 1. The second-order valence-electron chi connectivity index (χ2n) is 3.51. The third kappa shape index (κ3) is 6.19. The normalized spacial score (nSPS) is 10.6. The smallest absolute Gasteiger partial charge is 0.444 e. The van der Waals surface area contributed by atoms with E-state index >= 15 is 0 Å². The maximum Gasteiger partial charge on any atom is 0.524 e. The summed E-state index contributed by atoms with van der Waals surface area (Å²) >= 11 is 0. The van der Waals surface area contributed by atoms with Crippen LogP contribution in [0, 0.1) is 0 Å². The van der Waals surface area contributed by atoms with Gasteiger partial charge in [-0.15, -0.1) is 0 Å². The van der Waals surface area contributed by atoms with E-state index in [2.05, 4.69) is 9.84 Å². The lowest BCUT2D eigenvalue weighted by Crippen LogP contribution is -2.37. The summed E-state index contributed by atoms with van der Waals surface area (Å²) in [5.74, 6) is -0.0168. The number of carbonyl (C=O) groups is 2. The Hall–Kier alpha value is -2.09. The van der Waals surface area contributed by atoms with Crippen LogP contribution in [0.15, 0.2) is 24.3 Å². The van der Waals surface area contributed by atoms with Gasteiger partial charge in [-0.25, -0.2) is 19.5 Å². The van der Waals surface area contributed by atoms with E-state index in [0.29, 0.717) is 5.56 Å². The summed E-state index contributed by atoms with van der Waals surface area (Å²) < 4.78 is 19.7. The molecule has 4 N–H and O–H groups in total. The minimum absolute atomic E-state index is 0.0168. The lowest BCUT2D eigenvalue weighted by Gasteiger charge is -2.08. The fourth-order valence-electron chi connectivity index (χ4n) is 1.12. The molecule has 0 bridgehead atoms. The van der Waals surface area contributed by atoms with Crippen molar-refractivity contribution in [1.82, 2.24) is 10.6 Å². The van der Waals surface area contributed by atoms with E-state index in [1.165, 1.54) is 31.3 Å². The fraction of sp³-hybridized carbons (Fsp3) is 0.200. The van der Waals surface area contributed by atoms with Crippen molar-refractivity contribution in [1.29, 1.82) is 0 Å². The number of phosphoric ester groups is 1. The molecule has 0 atom stereocenters. The molecule has 1 aromatic rings. The van der Waals surface area contributed by atoms with Crippen LogP contribution in [0.5, 0.6) is 5.75 Å². The molecule has 0 heterocycles. The SMILES string of the molecule is CNC(=O)NC(=O)OCc1ccc(OP(=O)(O)O)cc1. The highest BCUT2D eigenvalue weighted by Crippen LogP contribution is 2.37. The predicted octanol–water partition coefficient (Wildman–Crippen LogP) is 0.724. The molecule has 0 aromatic heterocycles. The summed E-state index contributed by atoms with van der Waals surface area (Å²) in [6, 6.07) is 4.85. The maximum atomic E-state index is 11.1. The van der Waals surface area contributed by atoms with Crippen molar-refractivity contribution in [2.24, 2.45) is 0 Å². The van der Waals surface area contributed by atoms with Gasteiger partial charge in [0.05, 0.1) is 0 Å². The highest BCUT2D eigenvalue weighted by atomic mass is 31.2. The minimum Gasteiger partial charge on any atom is -0.444 e. The second kappa shape index (κ2) is 6.90. The van der Waals surface area contributed by atoms with Gasteiger partial charge in [0.15, 0.2) is 0 Å². The average Bonchev–Trinajstić information content (AvgIpc) is 2.36. The van der Waals surface area contributed by atoms with Crippen molar-refractivity contribution in [3.8, 4) is 5.75 Å². The molecule has 3 amide bonds. The lowest BCUT2D eigenvalue weighted by atomic mass is 10.2. The van der Waals surface area contributed by atoms with Crippen LogP contribution in [0.4, 0.5) is 9.59 Å². The second-order valence-corrected chi connectivity index (χ2v) is 4.67. The van der Waals surface area contributed by atoms with Crippen molar-refractivity contribution in [2.75, 3.05) is 7.05 Å². The number of amides is 3. The first kappa shape index (κ1) is 16.0. The molecule has 0 aliphatic carbocycles. The molecule has 0 radical (unpaired) electrons. The number of hydrogen-bond acceptors (Lipinski definition) is 5. The van der Waals surface area contributed by atoms with Crippen molar-refractivity contribution in [3.63, 3.8) is 0 Å². The summed E-state index contributed by atoms with van der Waals surface area (Å²) in [5, 5.41) is 4.09. The molecule has 0 aliphatic rings. The largest absolute Gasteiger partial charge is 0.524 e. The first-order valence-corrected chi connectivity index (χ1v) is 6.83. The van der Waals surface area contributed by atoms with Gasteiger partial charge >= 0.3 is 19.9 Å². The van der Waals surface area contributed by atoms with E-state index in [1.54, 1.807) is 0 Å². The number of nitrogens with one attached hydrogen (secondary N) is 2. The van der Waals surface area contributed by atoms with Gasteiger partial charge in [0.2, 0.25) is 0 Å². The maximum absolute atomic E-state index is 11.1. The van der Waals surface area contributed by atoms with Gasteiger partial charge in [-0.05, 0) is 17.7 Å². The molecule has 1 rings (SSSR count). The Morgan fingerprint density at radius 3 is 2.35 bits per heavy atom. The molecule has 1 aromatic carbocycles. The van der Waals surface area contributed by atoms with Crippen LogP contribution in [0.25, 0.3) is 0 Å². The zero-order valence-corrected chi connectivity index (χ0v) is 11.3. The molecule has 20 heavy (non-hydrogen) atoms. The Kier molecular flexibility index (Phi) is 5.51. The number of alkyl carbamates (subject to hydrolysis) is 1. The molecule has 110 valence electrons. The van der Waals surface area contributed by atoms with Crippen LogP contribution in [0.3, 0.4) is 0 Å². The van der Waals surface area contributed by atoms with Crippen molar-refractivity contribution in [3.05, 3.63) is 29.8 Å². The van der Waals surface area contributed by atoms with Gasteiger partial charge in [-0.3, -0.25) is 9.79 Å². The monoisotopic (exact) mass is 304 g/mol. The van der Waals surface area contributed by atoms with Gasteiger partial charge in [-0.2, -0.15) is 0 Å².